The first-order chi connectivity index (χ1) is 10.6. The quantitative estimate of drug-likeness (QED) is 0.787. The van der Waals surface area contributed by atoms with Crippen molar-refractivity contribution in [2.75, 3.05) is 6.61 Å². The number of benzene rings is 1. The topological polar surface area (TPSA) is 52.1 Å². The van der Waals surface area contributed by atoms with Crippen LogP contribution in [-0.4, -0.2) is 22.5 Å². The van der Waals surface area contributed by atoms with E-state index < -0.39 is 12.0 Å². The summed E-state index contributed by atoms with van der Waals surface area (Å²) in [5.74, 6) is -0.137. The fraction of sp³-hybridized carbons (Fsp3) is 0.188. The molecule has 0 aliphatic heterocycles. The number of ether oxygens (including phenoxy) is 1. The van der Waals surface area contributed by atoms with Gasteiger partial charge in [0.05, 0.1) is 12.2 Å². The number of carbonyl (C=O) groups excluding carboxylic acids is 1. The average molecular weight is 304 g/mol. The van der Waals surface area contributed by atoms with Crippen molar-refractivity contribution in [2.24, 2.45) is 0 Å². The van der Waals surface area contributed by atoms with Crippen molar-refractivity contribution >= 4 is 5.97 Å². The van der Waals surface area contributed by atoms with Gasteiger partial charge in [-0.3, -0.25) is 0 Å². The molecule has 6 heteroatoms. The monoisotopic (exact) mass is 304 g/mol. The zero-order valence-electron chi connectivity index (χ0n) is 11.9. The fourth-order valence-electron chi connectivity index (χ4n) is 1.64. The lowest BCUT2D eigenvalue weighted by molar-refractivity contribution is 0.0507. The van der Waals surface area contributed by atoms with E-state index in [-0.39, 0.29) is 24.2 Å². The molecular weight excluding hydrogens is 290 g/mol. The molecule has 0 aliphatic carbocycles. The number of hydrogen-bond acceptors (Lipinski definition) is 4. The molecule has 0 saturated heterocycles. The summed E-state index contributed by atoms with van der Waals surface area (Å²) in [6.07, 6.45) is 0.968. The highest BCUT2D eigenvalue weighted by Crippen LogP contribution is 2.14. The van der Waals surface area contributed by atoms with Crippen LogP contribution in [0.5, 0.6) is 0 Å². The molecule has 4 nitrogen and oxygen atoms in total. The molecule has 0 aliphatic rings. The lowest BCUT2D eigenvalue weighted by Crippen LogP contribution is -2.08. The average Bonchev–Trinajstić information content (AvgIpc) is 2.55. The second-order valence-electron chi connectivity index (χ2n) is 4.59. The highest BCUT2D eigenvalue weighted by Gasteiger charge is 2.10. The van der Waals surface area contributed by atoms with E-state index in [2.05, 4.69) is 9.97 Å². The number of hydrogen-bond donors (Lipinski definition) is 0. The van der Waals surface area contributed by atoms with Crippen molar-refractivity contribution in [3.8, 4) is 11.4 Å². The van der Waals surface area contributed by atoms with Crippen LogP contribution >= 0.6 is 0 Å². The highest BCUT2D eigenvalue weighted by molar-refractivity contribution is 5.88. The van der Waals surface area contributed by atoms with Crippen LogP contribution in [0.15, 0.2) is 54.4 Å². The van der Waals surface area contributed by atoms with Gasteiger partial charge in [0.2, 0.25) is 0 Å². The van der Waals surface area contributed by atoms with Crippen LogP contribution in [0.25, 0.3) is 11.4 Å². The Bertz CT molecular complexity index is 666. The van der Waals surface area contributed by atoms with Crippen LogP contribution < -0.4 is 0 Å². The van der Waals surface area contributed by atoms with E-state index in [1.807, 2.05) is 30.3 Å². The molecular formula is C16H14F2N2O2. The molecule has 0 radical (unpaired) electrons. The number of esters is 1. The molecule has 1 aromatic heterocycles. The van der Waals surface area contributed by atoms with Crippen molar-refractivity contribution < 1.29 is 18.3 Å². The summed E-state index contributed by atoms with van der Waals surface area (Å²) < 4.78 is 29.3. The molecule has 22 heavy (non-hydrogen) atoms. The molecule has 0 spiro atoms. The summed E-state index contributed by atoms with van der Waals surface area (Å²) in [5.41, 5.74) is 0.923. The molecule has 0 unspecified atom stereocenters. The van der Waals surface area contributed by atoms with Gasteiger partial charge in [-0.2, -0.15) is 8.78 Å². The van der Waals surface area contributed by atoms with E-state index in [0.29, 0.717) is 5.82 Å². The predicted octanol–water partition coefficient (Wildman–Crippen LogP) is 3.86. The first-order valence-electron chi connectivity index (χ1n) is 6.63. The van der Waals surface area contributed by atoms with Crippen LogP contribution in [0, 0.1) is 0 Å². The Labute approximate surface area is 126 Å². The van der Waals surface area contributed by atoms with Gasteiger partial charge in [-0.15, -0.1) is 0 Å². The van der Waals surface area contributed by atoms with Crippen LogP contribution in [-0.2, 0) is 4.74 Å². The number of halogens is 2. The minimum atomic E-state index is -1.74. The predicted molar refractivity (Wildman–Crippen MR) is 77.3 cm³/mol. The van der Waals surface area contributed by atoms with Crippen molar-refractivity contribution in [3.63, 3.8) is 0 Å². The SMILES string of the molecule is CC(CCOC(=O)c1cnc(-c2ccccc2)nc1)=C(F)F. The minimum Gasteiger partial charge on any atom is -0.462 e. The van der Waals surface area contributed by atoms with E-state index in [0.717, 1.165) is 5.56 Å². The molecule has 114 valence electrons. The number of nitrogens with zero attached hydrogens (tertiary/aromatic N) is 2. The Morgan fingerprint density at radius 2 is 1.77 bits per heavy atom. The fourth-order valence-corrected chi connectivity index (χ4v) is 1.64. The van der Waals surface area contributed by atoms with E-state index >= 15 is 0 Å². The normalized spacial score (nSPS) is 10.1. The molecule has 1 aromatic carbocycles. The number of carbonyl (C=O) groups is 1. The van der Waals surface area contributed by atoms with Crippen LogP contribution in [0.3, 0.4) is 0 Å². The number of rotatable bonds is 5. The molecule has 0 fully saturated rings. The smallest absolute Gasteiger partial charge is 0.341 e. The summed E-state index contributed by atoms with van der Waals surface area (Å²) in [7, 11) is 0. The Balaban J connectivity index is 1.96. The maximum absolute atomic E-state index is 12.2. The second-order valence-corrected chi connectivity index (χ2v) is 4.59. The van der Waals surface area contributed by atoms with Crippen molar-refractivity contribution in [3.05, 3.63) is 59.9 Å². The van der Waals surface area contributed by atoms with Crippen LogP contribution in [0.4, 0.5) is 8.78 Å². The number of aromatic nitrogens is 2. The standard InChI is InChI=1S/C16H14F2N2O2/c1-11(14(17)18)7-8-22-16(21)13-9-19-15(20-10-13)12-5-3-2-4-6-12/h2-6,9-10H,7-8H2,1H3. The van der Waals surface area contributed by atoms with Gasteiger partial charge in [0.15, 0.2) is 5.82 Å². The summed E-state index contributed by atoms with van der Waals surface area (Å²) in [5, 5.41) is 0. The first kappa shape index (κ1) is 15.8. The van der Waals surface area contributed by atoms with Gasteiger partial charge in [-0.1, -0.05) is 30.3 Å². The molecule has 0 atom stereocenters. The first-order valence-corrected chi connectivity index (χ1v) is 6.63. The molecule has 1 heterocycles. The molecule has 2 aromatic rings. The Kier molecular flexibility index (Phi) is 5.30. The lowest BCUT2D eigenvalue weighted by atomic mass is 10.2. The largest absolute Gasteiger partial charge is 0.462 e. The molecule has 2 rings (SSSR count). The molecule has 0 N–H and O–H groups in total. The maximum atomic E-state index is 12.2. The Morgan fingerprint density at radius 3 is 2.36 bits per heavy atom. The van der Waals surface area contributed by atoms with Gasteiger partial charge in [0.1, 0.15) is 0 Å². The Morgan fingerprint density at radius 1 is 1.14 bits per heavy atom. The van der Waals surface area contributed by atoms with Gasteiger partial charge in [0.25, 0.3) is 6.08 Å². The van der Waals surface area contributed by atoms with Gasteiger partial charge in [-0.05, 0) is 12.5 Å². The van der Waals surface area contributed by atoms with E-state index in [9.17, 15) is 13.6 Å². The van der Waals surface area contributed by atoms with E-state index in [1.165, 1.54) is 19.3 Å². The van der Waals surface area contributed by atoms with Crippen molar-refractivity contribution in [2.45, 2.75) is 13.3 Å². The maximum Gasteiger partial charge on any atom is 0.341 e. The van der Waals surface area contributed by atoms with Crippen LogP contribution in [0.2, 0.25) is 0 Å². The molecule has 0 bridgehead atoms. The van der Waals surface area contributed by atoms with Gasteiger partial charge >= 0.3 is 5.97 Å². The van der Waals surface area contributed by atoms with Crippen molar-refractivity contribution in [1.82, 2.24) is 9.97 Å². The third kappa shape index (κ3) is 4.18. The summed E-state index contributed by atoms with van der Waals surface area (Å²) >= 11 is 0. The third-order valence-electron chi connectivity index (χ3n) is 2.95. The van der Waals surface area contributed by atoms with E-state index in [1.54, 1.807) is 0 Å². The zero-order valence-corrected chi connectivity index (χ0v) is 11.9. The van der Waals surface area contributed by atoms with E-state index in [4.69, 9.17) is 4.74 Å². The molecule has 0 saturated carbocycles. The Hall–Kier alpha value is -2.63. The van der Waals surface area contributed by atoms with Crippen LogP contribution in [0.1, 0.15) is 23.7 Å². The van der Waals surface area contributed by atoms with Gasteiger partial charge in [0, 0.05) is 24.4 Å². The molecule has 0 amide bonds. The summed E-state index contributed by atoms with van der Waals surface area (Å²) in [6, 6.07) is 9.31. The van der Waals surface area contributed by atoms with Gasteiger partial charge in [-0.25, -0.2) is 14.8 Å². The third-order valence-corrected chi connectivity index (χ3v) is 2.95. The highest BCUT2D eigenvalue weighted by atomic mass is 19.3. The second kappa shape index (κ2) is 7.40. The zero-order chi connectivity index (χ0) is 15.9. The summed E-state index contributed by atoms with van der Waals surface area (Å²) in [6.45, 7) is 1.18. The van der Waals surface area contributed by atoms with Crippen molar-refractivity contribution in [1.29, 1.82) is 0 Å². The summed E-state index contributed by atoms with van der Waals surface area (Å²) in [4.78, 5) is 19.9. The minimum absolute atomic E-state index is 0.00295. The lowest BCUT2D eigenvalue weighted by Gasteiger charge is -2.05. The van der Waals surface area contributed by atoms with Gasteiger partial charge < -0.3 is 4.74 Å².